The minimum absolute atomic E-state index is 0.108. The molecule has 0 aliphatic heterocycles. The zero-order valence-electron chi connectivity index (χ0n) is 12.9. The molecule has 0 amide bonds. The molecule has 138 valence electrons. The van der Waals surface area contributed by atoms with Gasteiger partial charge in [0.1, 0.15) is 6.10 Å². The van der Waals surface area contributed by atoms with Gasteiger partial charge in [0, 0.05) is 5.57 Å². The van der Waals surface area contributed by atoms with Crippen LogP contribution in [0.2, 0.25) is 0 Å². The van der Waals surface area contributed by atoms with Crippen LogP contribution in [-0.4, -0.2) is 35.1 Å². The van der Waals surface area contributed by atoms with Gasteiger partial charge in [0.15, 0.2) is 0 Å². The summed E-state index contributed by atoms with van der Waals surface area (Å²) in [6.07, 6.45) is -12.8. The number of carbonyl (C=O) groups is 1. The zero-order chi connectivity index (χ0) is 18.5. The number of fused-ring (bicyclic) bond motifs is 2. The normalized spacial score (nSPS) is 30.5. The lowest BCUT2D eigenvalue weighted by Crippen LogP contribution is -2.58. The molecule has 2 bridgehead atoms. The molecule has 3 nitrogen and oxygen atoms in total. The van der Waals surface area contributed by atoms with Crippen LogP contribution in [0.1, 0.15) is 32.6 Å². The molecule has 0 aromatic heterocycles. The van der Waals surface area contributed by atoms with Crippen molar-refractivity contribution in [3.63, 3.8) is 0 Å². The van der Waals surface area contributed by atoms with Crippen LogP contribution in [-0.2, 0) is 9.53 Å². The van der Waals surface area contributed by atoms with E-state index in [0.29, 0.717) is 12.8 Å². The largest absolute Gasteiger partial charge is 0.459 e. The number of halogens is 6. The Morgan fingerprint density at radius 3 is 2.17 bits per heavy atom. The fourth-order valence-electron chi connectivity index (χ4n) is 3.84. The summed E-state index contributed by atoms with van der Waals surface area (Å²) >= 11 is 0. The van der Waals surface area contributed by atoms with Gasteiger partial charge in [0.05, 0.1) is 0 Å². The minimum atomic E-state index is -5.82. The molecule has 0 aromatic rings. The summed E-state index contributed by atoms with van der Waals surface area (Å²) in [7, 11) is 0. The standard InChI is InChI=1S/C15H18F6O3/c1-7(2)12(22)24-11-5-8-3-4-9(11)10(8)6-13(23,14(16,17)18)15(19,20)21/h8-11,23H,1,3-6H2,2H3. The molecule has 0 saturated heterocycles. The number of aliphatic hydroxyl groups is 1. The zero-order valence-corrected chi connectivity index (χ0v) is 12.9. The number of rotatable bonds is 4. The highest BCUT2D eigenvalue weighted by Gasteiger charge is 2.72. The third-order valence-electron chi connectivity index (χ3n) is 5.11. The van der Waals surface area contributed by atoms with Crippen LogP contribution in [0, 0.1) is 17.8 Å². The van der Waals surface area contributed by atoms with Crippen molar-refractivity contribution in [3.8, 4) is 0 Å². The summed E-state index contributed by atoms with van der Waals surface area (Å²) in [5.41, 5.74) is -4.64. The number of esters is 1. The van der Waals surface area contributed by atoms with Gasteiger partial charge in [-0.05, 0) is 50.4 Å². The number of alkyl halides is 6. The lowest BCUT2D eigenvalue weighted by Gasteiger charge is -2.35. The van der Waals surface area contributed by atoms with Gasteiger partial charge in [-0.3, -0.25) is 0 Å². The molecule has 0 spiro atoms. The van der Waals surface area contributed by atoms with Crippen LogP contribution in [0.5, 0.6) is 0 Å². The number of hydrogen-bond acceptors (Lipinski definition) is 3. The SMILES string of the molecule is C=C(C)C(=O)OC1CC2CCC1C2CC(O)(C(F)(F)F)C(F)(F)F. The first-order valence-electron chi connectivity index (χ1n) is 7.50. The highest BCUT2D eigenvalue weighted by atomic mass is 19.4. The van der Waals surface area contributed by atoms with Crippen molar-refractivity contribution >= 4 is 5.97 Å². The van der Waals surface area contributed by atoms with E-state index < -0.39 is 54.2 Å². The number of ether oxygens (including phenoxy) is 1. The average molecular weight is 360 g/mol. The highest BCUT2D eigenvalue weighted by Crippen LogP contribution is 2.57. The summed E-state index contributed by atoms with van der Waals surface area (Å²) in [4.78, 5) is 11.6. The van der Waals surface area contributed by atoms with E-state index in [1.54, 1.807) is 0 Å². The Morgan fingerprint density at radius 2 is 1.71 bits per heavy atom. The fraction of sp³-hybridized carbons (Fsp3) is 0.800. The molecule has 0 aromatic carbocycles. The molecule has 0 radical (unpaired) electrons. The predicted octanol–water partition coefficient (Wildman–Crippen LogP) is 3.77. The quantitative estimate of drug-likeness (QED) is 0.472. The molecule has 2 rings (SSSR count). The summed E-state index contributed by atoms with van der Waals surface area (Å²) in [5.74, 6) is -2.77. The van der Waals surface area contributed by atoms with E-state index in [9.17, 15) is 36.2 Å². The van der Waals surface area contributed by atoms with Gasteiger partial charge < -0.3 is 9.84 Å². The van der Waals surface area contributed by atoms with Crippen LogP contribution < -0.4 is 0 Å². The van der Waals surface area contributed by atoms with Crippen molar-refractivity contribution < 1.29 is 41.0 Å². The van der Waals surface area contributed by atoms with Gasteiger partial charge in [-0.25, -0.2) is 4.79 Å². The lowest BCUT2D eigenvalue weighted by atomic mass is 9.83. The summed E-state index contributed by atoms with van der Waals surface area (Å²) in [6.45, 7) is 4.79. The molecule has 9 heteroatoms. The molecular formula is C15H18F6O3. The number of carbonyl (C=O) groups excluding carboxylic acids is 1. The van der Waals surface area contributed by atoms with Gasteiger partial charge in [-0.1, -0.05) is 6.58 Å². The predicted molar refractivity (Wildman–Crippen MR) is 70.7 cm³/mol. The molecule has 2 saturated carbocycles. The molecule has 0 heterocycles. The first-order valence-corrected chi connectivity index (χ1v) is 7.50. The maximum Gasteiger partial charge on any atom is 0.426 e. The van der Waals surface area contributed by atoms with Crippen LogP contribution >= 0.6 is 0 Å². The van der Waals surface area contributed by atoms with E-state index in [2.05, 4.69) is 6.58 Å². The summed E-state index contributed by atoms with van der Waals surface area (Å²) in [6, 6.07) is 0. The molecule has 4 unspecified atom stereocenters. The van der Waals surface area contributed by atoms with E-state index in [4.69, 9.17) is 4.74 Å². The van der Waals surface area contributed by atoms with E-state index >= 15 is 0 Å². The maximum absolute atomic E-state index is 12.9. The van der Waals surface area contributed by atoms with Crippen molar-refractivity contribution in [2.45, 2.75) is 56.7 Å². The van der Waals surface area contributed by atoms with Gasteiger partial charge >= 0.3 is 18.3 Å². The van der Waals surface area contributed by atoms with E-state index in [0.717, 1.165) is 0 Å². The third-order valence-corrected chi connectivity index (χ3v) is 5.11. The third kappa shape index (κ3) is 3.14. The molecule has 2 aliphatic carbocycles. The molecule has 4 atom stereocenters. The maximum atomic E-state index is 12.9. The summed E-state index contributed by atoms with van der Waals surface area (Å²) < 4.78 is 82.4. The smallest absolute Gasteiger partial charge is 0.426 e. The van der Waals surface area contributed by atoms with Crippen LogP contribution in [0.15, 0.2) is 12.2 Å². The van der Waals surface area contributed by atoms with Crippen molar-refractivity contribution in [2.24, 2.45) is 17.8 Å². The summed E-state index contributed by atoms with van der Waals surface area (Å²) in [5, 5.41) is 9.39. The molecule has 2 fully saturated rings. The highest BCUT2D eigenvalue weighted by molar-refractivity contribution is 5.87. The Balaban J connectivity index is 2.18. The monoisotopic (exact) mass is 360 g/mol. The Bertz CT molecular complexity index is 510. The van der Waals surface area contributed by atoms with Crippen molar-refractivity contribution in [3.05, 3.63) is 12.2 Å². The first kappa shape index (κ1) is 19.1. The van der Waals surface area contributed by atoms with Crippen LogP contribution in [0.25, 0.3) is 0 Å². The van der Waals surface area contributed by atoms with Crippen LogP contribution in [0.3, 0.4) is 0 Å². The van der Waals surface area contributed by atoms with Crippen molar-refractivity contribution in [1.29, 1.82) is 0 Å². The Labute approximate surface area is 134 Å². The average Bonchev–Trinajstić information content (AvgIpc) is 2.92. The second kappa shape index (κ2) is 5.93. The molecule has 24 heavy (non-hydrogen) atoms. The Hall–Kier alpha value is -1.25. The Morgan fingerprint density at radius 1 is 1.17 bits per heavy atom. The molecule has 1 N–H and O–H groups in total. The second-order valence-corrected chi connectivity index (χ2v) is 6.68. The topological polar surface area (TPSA) is 46.5 Å². The first-order chi connectivity index (χ1) is 10.8. The van der Waals surface area contributed by atoms with Gasteiger partial charge in [-0.15, -0.1) is 0 Å². The van der Waals surface area contributed by atoms with Crippen molar-refractivity contribution in [2.75, 3.05) is 0 Å². The fourth-order valence-corrected chi connectivity index (χ4v) is 3.84. The lowest BCUT2D eigenvalue weighted by molar-refractivity contribution is -0.373. The molecule has 2 aliphatic rings. The van der Waals surface area contributed by atoms with Gasteiger partial charge in [0.2, 0.25) is 0 Å². The van der Waals surface area contributed by atoms with E-state index in [-0.39, 0.29) is 12.0 Å². The molecular weight excluding hydrogens is 342 g/mol. The van der Waals surface area contributed by atoms with Crippen molar-refractivity contribution in [1.82, 2.24) is 0 Å². The second-order valence-electron chi connectivity index (χ2n) is 6.68. The Kier molecular flexibility index (Phi) is 4.71. The van der Waals surface area contributed by atoms with Gasteiger partial charge in [-0.2, -0.15) is 26.3 Å². The van der Waals surface area contributed by atoms with Crippen LogP contribution in [0.4, 0.5) is 26.3 Å². The van der Waals surface area contributed by atoms with E-state index in [1.165, 1.54) is 6.92 Å². The number of hydrogen-bond donors (Lipinski definition) is 1. The van der Waals surface area contributed by atoms with Gasteiger partial charge in [0.25, 0.3) is 5.60 Å². The van der Waals surface area contributed by atoms with E-state index in [1.807, 2.05) is 0 Å². The minimum Gasteiger partial charge on any atom is -0.459 e.